The summed E-state index contributed by atoms with van der Waals surface area (Å²) in [6, 6.07) is 11.1. The van der Waals surface area contributed by atoms with Crippen LogP contribution in [0.15, 0.2) is 53.3 Å². The van der Waals surface area contributed by atoms with Crippen molar-refractivity contribution in [2.24, 2.45) is 7.05 Å². The molecule has 1 aromatic carbocycles. The van der Waals surface area contributed by atoms with E-state index in [0.717, 1.165) is 16.5 Å². The van der Waals surface area contributed by atoms with E-state index >= 15 is 0 Å². The maximum Gasteiger partial charge on any atom is 0.287 e. The first kappa shape index (κ1) is 13.5. The molecule has 1 atom stereocenters. The van der Waals surface area contributed by atoms with Crippen molar-refractivity contribution in [1.29, 1.82) is 0 Å². The van der Waals surface area contributed by atoms with Crippen molar-refractivity contribution in [1.82, 2.24) is 9.88 Å². The summed E-state index contributed by atoms with van der Waals surface area (Å²) in [6.07, 6.45) is 2.56. The molecule has 5 nitrogen and oxygen atoms in total. The van der Waals surface area contributed by atoms with Crippen molar-refractivity contribution in [3.63, 3.8) is 0 Å². The normalized spacial score (nSPS) is 12.5. The Morgan fingerprint density at radius 1 is 1.33 bits per heavy atom. The molecule has 0 radical (unpaired) electrons. The maximum absolute atomic E-state index is 11.8. The van der Waals surface area contributed by atoms with Crippen molar-refractivity contribution >= 4 is 16.8 Å². The third kappa shape index (κ3) is 2.55. The summed E-state index contributed by atoms with van der Waals surface area (Å²) in [5.74, 6) is -0.0978. The minimum absolute atomic E-state index is 0.132. The second kappa shape index (κ2) is 5.46. The Labute approximate surface area is 121 Å². The molecule has 108 valence electrons. The lowest BCUT2D eigenvalue weighted by atomic mass is 10.1. The zero-order valence-corrected chi connectivity index (χ0v) is 11.6. The fourth-order valence-corrected chi connectivity index (χ4v) is 2.43. The number of carbonyl (C=O) groups is 1. The van der Waals surface area contributed by atoms with E-state index in [1.807, 2.05) is 42.1 Å². The number of hydrogen-bond acceptors (Lipinski definition) is 3. The summed E-state index contributed by atoms with van der Waals surface area (Å²) in [4.78, 5) is 11.8. The molecule has 0 aliphatic rings. The number of nitrogens with one attached hydrogen (secondary N) is 1. The van der Waals surface area contributed by atoms with Crippen LogP contribution in [0.25, 0.3) is 10.9 Å². The van der Waals surface area contributed by atoms with E-state index in [-0.39, 0.29) is 18.2 Å². The number of fused-ring (bicyclic) bond motifs is 1. The van der Waals surface area contributed by atoms with Crippen molar-refractivity contribution in [3.05, 3.63) is 60.2 Å². The number of furan rings is 1. The number of amides is 1. The average molecular weight is 284 g/mol. The molecule has 0 saturated carbocycles. The van der Waals surface area contributed by atoms with Gasteiger partial charge in [0.25, 0.3) is 5.91 Å². The molecule has 21 heavy (non-hydrogen) atoms. The van der Waals surface area contributed by atoms with Gasteiger partial charge in [-0.25, -0.2) is 0 Å². The quantitative estimate of drug-likeness (QED) is 0.772. The second-order valence-electron chi connectivity index (χ2n) is 4.92. The standard InChI is InChI=1S/C16H16N2O3/c1-18-10-12(11-5-2-3-6-13(11)18)14(19)9-17-16(20)15-7-4-8-21-15/h2-8,10,14,19H,9H2,1H3,(H,17,20). The molecule has 1 unspecified atom stereocenters. The number of aromatic nitrogens is 1. The molecule has 0 fully saturated rings. The van der Waals surface area contributed by atoms with Gasteiger partial charge in [0, 0.05) is 36.3 Å². The van der Waals surface area contributed by atoms with E-state index in [4.69, 9.17) is 4.42 Å². The number of nitrogens with zero attached hydrogens (tertiary/aromatic N) is 1. The average Bonchev–Trinajstić information content (AvgIpc) is 3.13. The van der Waals surface area contributed by atoms with Gasteiger partial charge in [0.2, 0.25) is 0 Å². The molecule has 0 aliphatic heterocycles. The van der Waals surface area contributed by atoms with Crippen molar-refractivity contribution in [2.45, 2.75) is 6.10 Å². The van der Waals surface area contributed by atoms with Gasteiger partial charge in [-0.3, -0.25) is 4.79 Å². The predicted octanol–water partition coefficient (Wildman–Crippen LogP) is 2.23. The third-order valence-corrected chi connectivity index (χ3v) is 3.49. The Bertz CT molecular complexity index is 759. The summed E-state index contributed by atoms with van der Waals surface area (Å²) in [7, 11) is 1.93. The zero-order chi connectivity index (χ0) is 14.8. The van der Waals surface area contributed by atoms with Crippen LogP contribution in [0, 0.1) is 0 Å². The van der Waals surface area contributed by atoms with Gasteiger partial charge in [-0.05, 0) is 18.2 Å². The number of benzene rings is 1. The molecule has 3 rings (SSSR count). The van der Waals surface area contributed by atoms with Crippen LogP contribution < -0.4 is 5.32 Å². The number of aryl methyl sites for hydroxylation is 1. The highest BCUT2D eigenvalue weighted by atomic mass is 16.3. The zero-order valence-electron chi connectivity index (χ0n) is 11.6. The molecule has 0 bridgehead atoms. The fourth-order valence-electron chi connectivity index (χ4n) is 2.43. The van der Waals surface area contributed by atoms with Gasteiger partial charge < -0.3 is 19.4 Å². The SMILES string of the molecule is Cn1cc(C(O)CNC(=O)c2ccco2)c2ccccc21. The fraction of sp³-hybridized carbons (Fsp3) is 0.188. The number of carbonyl (C=O) groups excluding carboxylic acids is 1. The van der Waals surface area contributed by atoms with Gasteiger partial charge >= 0.3 is 0 Å². The highest BCUT2D eigenvalue weighted by molar-refractivity contribution is 5.91. The van der Waals surface area contributed by atoms with Crippen molar-refractivity contribution in [2.75, 3.05) is 6.54 Å². The summed E-state index contributed by atoms with van der Waals surface area (Å²) in [5, 5.41) is 14.0. The Morgan fingerprint density at radius 2 is 2.14 bits per heavy atom. The smallest absolute Gasteiger partial charge is 0.287 e. The Kier molecular flexibility index (Phi) is 3.50. The van der Waals surface area contributed by atoms with Crippen LogP contribution in [0.1, 0.15) is 22.2 Å². The molecule has 2 heterocycles. The molecule has 1 amide bonds. The van der Waals surface area contributed by atoms with Gasteiger partial charge in [-0.1, -0.05) is 18.2 Å². The topological polar surface area (TPSA) is 67.4 Å². The number of para-hydroxylation sites is 1. The van der Waals surface area contributed by atoms with E-state index in [0.29, 0.717) is 0 Å². The second-order valence-corrected chi connectivity index (χ2v) is 4.92. The Balaban J connectivity index is 1.75. The first-order valence-corrected chi connectivity index (χ1v) is 6.70. The molecular weight excluding hydrogens is 268 g/mol. The van der Waals surface area contributed by atoms with E-state index in [2.05, 4.69) is 5.32 Å². The molecule has 5 heteroatoms. The highest BCUT2D eigenvalue weighted by Crippen LogP contribution is 2.25. The summed E-state index contributed by atoms with van der Waals surface area (Å²) >= 11 is 0. The number of rotatable bonds is 4. The van der Waals surface area contributed by atoms with Gasteiger partial charge in [0.15, 0.2) is 5.76 Å². The van der Waals surface area contributed by atoms with Gasteiger partial charge in [0.05, 0.1) is 12.4 Å². The largest absolute Gasteiger partial charge is 0.459 e. The van der Waals surface area contributed by atoms with E-state index in [1.54, 1.807) is 12.1 Å². The molecule has 2 N–H and O–H groups in total. The van der Waals surface area contributed by atoms with Crippen molar-refractivity contribution < 1.29 is 14.3 Å². The lowest BCUT2D eigenvalue weighted by Gasteiger charge is -2.10. The van der Waals surface area contributed by atoms with Gasteiger partial charge in [-0.2, -0.15) is 0 Å². The Morgan fingerprint density at radius 3 is 2.90 bits per heavy atom. The lowest BCUT2D eigenvalue weighted by molar-refractivity contribution is 0.0889. The van der Waals surface area contributed by atoms with Crippen LogP contribution in [0.4, 0.5) is 0 Å². The number of aliphatic hydroxyl groups excluding tert-OH is 1. The van der Waals surface area contributed by atoms with E-state index < -0.39 is 6.10 Å². The maximum atomic E-state index is 11.8. The first-order chi connectivity index (χ1) is 10.2. The summed E-state index contributed by atoms with van der Waals surface area (Å²) in [6.45, 7) is 0.132. The molecule has 0 spiro atoms. The van der Waals surface area contributed by atoms with E-state index in [9.17, 15) is 9.90 Å². The number of aliphatic hydroxyl groups is 1. The van der Waals surface area contributed by atoms with Crippen molar-refractivity contribution in [3.8, 4) is 0 Å². The minimum atomic E-state index is -0.769. The number of hydrogen-bond donors (Lipinski definition) is 2. The first-order valence-electron chi connectivity index (χ1n) is 6.70. The highest BCUT2D eigenvalue weighted by Gasteiger charge is 2.16. The molecule has 0 saturated heterocycles. The van der Waals surface area contributed by atoms with Gasteiger partial charge in [-0.15, -0.1) is 0 Å². The van der Waals surface area contributed by atoms with Crippen LogP contribution in [-0.2, 0) is 7.05 Å². The van der Waals surface area contributed by atoms with Gasteiger partial charge in [0.1, 0.15) is 0 Å². The predicted molar refractivity (Wildman–Crippen MR) is 78.9 cm³/mol. The summed E-state index contributed by atoms with van der Waals surface area (Å²) in [5.41, 5.74) is 1.84. The molecule has 3 aromatic rings. The van der Waals surface area contributed by atoms with Crippen LogP contribution in [0.5, 0.6) is 0 Å². The minimum Gasteiger partial charge on any atom is -0.459 e. The van der Waals surface area contributed by atoms with Crippen LogP contribution in [0.3, 0.4) is 0 Å². The lowest BCUT2D eigenvalue weighted by Crippen LogP contribution is -2.27. The monoisotopic (exact) mass is 284 g/mol. The van der Waals surface area contributed by atoms with Crippen LogP contribution >= 0.6 is 0 Å². The Hall–Kier alpha value is -2.53. The van der Waals surface area contributed by atoms with E-state index in [1.165, 1.54) is 6.26 Å². The van der Waals surface area contributed by atoms with Crippen LogP contribution in [0.2, 0.25) is 0 Å². The van der Waals surface area contributed by atoms with Crippen LogP contribution in [-0.4, -0.2) is 22.1 Å². The third-order valence-electron chi connectivity index (χ3n) is 3.49. The molecular formula is C16H16N2O3. The summed E-state index contributed by atoms with van der Waals surface area (Å²) < 4.78 is 6.97. The molecule has 2 aromatic heterocycles. The molecule has 0 aliphatic carbocycles.